The molecule has 1 aromatic rings. The minimum absolute atomic E-state index is 0.0240. The summed E-state index contributed by atoms with van der Waals surface area (Å²) in [5, 5.41) is 51.5. The van der Waals surface area contributed by atoms with E-state index in [1.54, 1.807) is 0 Å². The third-order valence-electron chi connectivity index (χ3n) is 5.01. The fourth-order valence-electron chi connectivity index (χ4n) is 3.10. The molecular formula is C22H28N4O12. The maximum absolute atomic E-state index is 12.8. The summed E-state index contributed by atoms with van der Waals surface area (Å²) in [4.78, 5) is 82.3. The van der Waals surface area contributed by atoms with Crippen molar-refractivity contribution in [1.29, 1.82) is 0 Å². The second-order valence-corrected chi connectivity index (χ2v) is 8.13. The molecule has 208 valence electrons. The van der Waals surface area contributed by atoms with Crippen LogP contribution >= 0.6 is 0 Å². The Bertz CT molecular complexity index is 1060. The van der Waals surface area contributed by atoms with Gasteiger partial charge >= 0.3 is 23.9 Å². The Kier molecular flexibility index (Phi) is 12.1. The number of benzene rings is 1. The van der Waals surface area contributed by atoms with Crippen molar-refractivity contribution in [2.24, 2.45) is 5.73 Å². The third-order valence-corrected chi connectivity index (χ3v) is 5.01. The van der Waals surface area contributed by atoms with E-state index in [-0.39, 0.29) is 12.2 Å². The monoisotopic (exact) mass is 540 g/mol. The van der Waals surface area contributed by atoms with Crippen molar-refractivity contribution < 1.29 is 59.1 Å². The lowest BCUT2D eigenvalue weighted by Gasteiger charge is -2.24. The molecule has 0 spiro atoms. The highest BCUT2D eigenvalue weighted by Gasteiger charge is 2.32. The smallest absolute Gasteiger partial charge is 0.326 e. The van der Waals surface area contributed by atoms with Crippen molar-refractivity contribution in [1.82, 2.24) is 16.0 Å². The summed E-state index contributed by atoms with van der Waals surface area (Å²) in [6, 6.07) is -0.941. The normalized spacial score (nSPS) is 13.7. The lowest BCUT2D eigenvalue weighted by Crippen LogP contribution is -2.57. The molecule has 16 heteroatoms. The first-order chi connectivity index (χ1) is 17.7. The number of nitrogens with one attached hydrogen (secondary N) is 3. The van der Waals surface area contributed by atoms with Crippen LogP contribution in [-0.2, 0) is 40.0 Å². The molecule has 1 aromatic carbocycles. The van der Waals surface area contributed by atoms with Crippen LogP contribution < -0.4 is 21.7 Å². The van der Waals surface area contributed by atoms with Crippen LogP contribution in [0.1, 0.15) is 31.2 Å². The van der Waals surface area contributed by atoms with Crippen LogP contribution in [0.15, 0.2) is 24.3 Å². The average Bonchev–Trinajstić information content (AvgIpc) is 2.81. The Balaban J connectivity index is 3.02. The molecule has 38 heavy (non-hydrogen) atoms. The zero-order valence-corrected chi connectivity index (χ0v) is 19.8. The average molecular weight is 540 g/mol. The van der Waals surface area contributed by atoms with Crippen molar-refractivity contribution >= 4 is 41.6 Å². The number of carboxylic acid groups (broad SMARTS) is 4. The molecule has 0 radical (unpaired) electrons. The van der Waals surface area contributed by atoms with Gasteiger partial charge in [-0.2, -0.15) is 0 Å². The van der Waals surface area contributed by atoms with Gasteiger partial charge in [-0.05, 0) is 30.5 Å². The van der Waals surface area contributed by atoms with E-state index >= 15 is 0 Å². The van der Waals surface area contributed by atoms with Gasteiger partial charge in [0.1, 0.15) is 23.9 Å². The van der Waals surface area contributed by atoms with E-state index < -0.39 is 91.4 Å². The minimum Gasteiger partial charge on any atom is -0.508 e. The first-order valence-electron chi connectivity index (χ1n) is 11.0. The van der Waals surface area contributed by atoms with Gasteiger partial charge in [0.25, 0.3) is 0 Å². The number of amides is 3. The molecule has 0 aromatic heterocycles. The fourth-order valence-corrected chi connectivity index (χ4v) is 3.10. The molecule has 4 unspecified atom stereocenters. The predicted molar refractivity (Wildman–Crippen MR) is 125 cm³/mol. The van der Waals surface area contributed by atoms with Gasteiger partial charge in [-0.3, -0.25) is 28.8 Å². The summed E-state index contributed by atoms with van der Waals surface area (Å²) >= 11 is 0. The van der Waals surface area contributed by atoms with Crippen LogP contribution in [0.4, 0.5) is 0 Å². The summed E-state index contributed by atoms with van der Waals surface area (Å²) in [7, 11) is 0. The molecule has 0 aliphatic heterocycles. The Morgan fingerprint density at radius 1 is 0.684 bits per heavy atom. The number of carbonyl (C=O) groups is 7. The quantitative estimate of drug-likeness (QED) is 0.106. The number of rotatable bonds is 16. The van der Waals surface area contributed by atoms with Crippen LogP contribution in [-0.4, -0.2) is 91.3 Å². The third kappa shape index (κ3) is 11.3. The number of hydrogen-bond donors (Lipinski definition) is 9. The standard InChI is InChI=1S/C22H28N4O12/c23-12(7-10-1-3-11(27)4-2-10)19(34)25-14(8-17(30)31)21(36)24-13(5-6-16(28)29)20(35)26-15(22(37)38)9-18(32)33/h1-4,12-15,27H,5-9,23H2,(H,24,36)(H,25,34)(H,26,35)(H,28,29)(H,30,31)(H,32,33)(H,37,38). The molecule has 10 N–H and O–H groups in total. The fraction of sp³-hybridized carbons (Fsp3) is 0.409. The SMILES string of the molecule is NC(Cc1ccc(O)cc1)C(=O)NC(CC(=O)O)C(=O)NC(CCC(=O)O)C(=O)NC(CC(=O)O)C(=O)O. The van der Waals surface area contributed by atoms with Crippen LogP contribution in [0.25, 0.3) is 0 Å². The van der Waals surface area contributed by atoms with Gasteiger partial charge < -0.3 is 47.2 Å². The Morgan fingerprint density at radius 2 is 1.16 bits per heavy atom. The van der Waals surface area contributed by atoms with Crippen LogP contribution in [0.2, 0.25) is 0 Å². The zero-order chi connectivity index (χ0) is 29.0. The number of aromatic hydroxyl groups is 1. The van der Waals surface area contributed by atoms with E-state index in [4.69, 9.17) is 26.2 Å². The van der Waals surface area contributed by atoms with Gasteiger partial charge in [0.05, 0.1) is 18.9 Å². The lowest BCUT2D eigenvalue weighted by atomic mass is 10.0. The molecule has 1 rings (SSSR count). The van der Waals surface area contributed by atoms with Crippen molar-refractivity contribution in [2.75, 3.05) is 0 Å². The molecule has 0 bridgehead atoms. The molecule has 4 atom stereocenters. The van der Waals surface area contributed by atoms with Crippen molar-refractivity contribution in [3.8, 4) is 5.75 Å². The Morgan fingerprint density at radius 3 is 1.66 bits per heavy atom. The summed E-state index contributed by atoms with van der Waals surface area (Å²) in [6.45, 7) is 0. The topological polar surface area (TPSA) is 283 Å². The molecule has 0 saturated heterocycles. The van der Waals surface area contributed by atoms with Crippen LogP contribution in [0.3, 0.4) is 0 Å². The molecule has 0 aliphatic carbocycles. The summed E-state index contributed by atoms with van der Waals surface area (Å²) < 4.78 is 0. The number of carboxylic acids is 4. The molecule has 0 heterocycles. The second kappa shape index (κ2) is 14.7. The second-order valence-electron chi connectivity index (χ2n) is 8.13. The summed E-state index contributed by atoms with van der Waals surface area (Å²) in [5.41, 5.74) is 6.38. The minimum atomic E-state index is -1.91. The highest BCUT2D eigenvalue weighted by Crippen LogP contribution is 2.11. The van der Waals surface area contributed by atoms with Crippen LogP contribution in [0, 0.1) is 0 Å². The van der Waals surface area contributed by atoms with E-state index in [0.29, 0.717) is 5.56 Å². The molecule has 16 nitrogen and oxygen atoms in total. The van der Waals surface area contributed by atoms with Gasteiger partial charge in [-0.1, -0.05) is 12.1 Å². The van der Waals surface area contributed by atoms with E-state index in [9.17, 15) is 38.7 Å². The predicted octanol–water partition coefficient (Wildman–Crippen LogP) is -2.38. The molecule has 0 fully saturated rings. The maximum Gasteiger partial charge on any atom is 0.326 e. The van der Waals surface area contributed by atoms with Gasteiger partial charge in [0.2, 0.25) is 17.7 Å². The molecule has 3 amide bonds. The van der Waals surface area contributed by atoms with Crippen molar-refractivity contribution in [2.45, 2.75) is 56.3 Å². The molecular weight excluding hydrogens is 512 g/mol. The number of aliphatic carboxylic acids is 4. The molecule has 0 aliphatic rings. The first-order valence-corrected chi connectivity index (χ1v) is 11.0. The number of phenols is 1. The van der Waals surface area contributed by atoms with E-state index in [1.807, 2.05) is 5.32 Å². The summed E-state index contributed by atoms with van der Waals surface area (Å²) in [6.07, 6.45) is -3.26. The number of hydrogen-bond acceptors (Lipinski definition) is 9. The highest BCUT2D eigenvalue weighted by molar-refractivity contribution is 5.96. The largest absolute Gasteiger partial charge is 0.508 e. The van der Waals surface area contributed by atoms with Crippen molar-refractivity contribution in [3.05, 3.63) is 29.8 Å². The van der Waals surface area contributed by atoms with Gasteiger partial charge in [0.15, 0.2) is 0 Å². The number of phenolic OH excluding ortho intramolecular Hbond substituents is 1. The van der Waals surface area contributed by atoms with Gasteiger partial charge in [-0.15, -0.1) is 0 Å². The number of nitrogens with two attached hydrogens (primary N) is 1. The Labute approximate surface area is 214 Å². The van der Waals surface area contributed by atoms with E-state index in [0.717, 1.165) is 0 Å². The highest BCUT2D eigenvalue weighted by atomic mass is 16.4. The van der Waals surface area contributed by atoms with Gasteiger partial charge in [-0.25, -0.2) is 4.79 Å². The Hall–Kier alpha value is -4.73. The first kappa shape index (κ1) is 31.3. The number of carbonyl (C=O) groups excluding carboxylic acids is 3. The molecule has 0 saturated carbocycles. The van der Waals surface area contributed by atoms with Crippen LogP contribution in [0.5, 0.6) is 5.75 Å². The zero-order valence-electron chi connectivity index (χ0n) is 19.8. The summed E-state index contributed by atoms with van der Waals surface area (Å²) in [5.74, 6) is -9.57. The lowest BCUT2D eigenvalue weighted by molar-refractivity contribution is -0.147. The van der Waals surface area contributed by atoms with Crippen molar-refractivity contribution in [3.63, 3.8) is 0 Å². The van der Waals surface area contributed by atoms with E-state index in [2.05, 4.69) is 10.6 Å². The van der Waals surface area contributed by atoms with Gasteiger partial charge in [0, 0.05) is 6.42 Å². The maximum atomic E-state index is 12.8. The van der Waals surface area contributed by atoms with E-state index in [1.165, 1.54) is 24.3 Å².